The second kappa shape index (κ2) is 7.27. The average Bonchev–Trinajstić information content (AvgIpc) is 2.36. The molecule has 2 unspecified atom stereocenters. The third-order valence-electron chi connectivity index (χ3n) is 2.72. The topological polar surface area (TPSA) is 61.7 Å². The summed E-state index contributed by atoms with van der Waals surface area (Å²) in [5.41, 5.74) is 0.856. The van der Waals surface area contributed by atoms with E-state index in [-0.39, 0.29) is 12.6 Å². The summed E-state index contributed by atoms with van der Waals surface area (Å²) in [5, 5.41) is 21.9. The Kier molecular flexibility index (Phi) is 5.97. The highest BCUT2D eigenvalue weighted by Crippen LogP contribution is 2.17. The van der Waals surface area contributed by atoms with Crippen molar-refractivity contribution < 1.29 is 14.9 Å². The lowest BCUT2D eigenvalue weighted by Crippen LogP contribution is -2.31. The molecule has 1 aromatic rings. The van der Waals surface area contributed by atoms with Crippen molar-refractivity contribution in [2.24, 2.45) is 0 Å². The van der Waals surface area contributed by atoms with Crippen LogP contribution in [0.25, 0.3) is 0 Å². The standard InChI is InChI=1S/C13H21NO3/c1-10(7-8-15)14-9-13(16)11-3-5-12(17-2)6-4-11/h3-6,10,13-16H,7-9H2,1-2H3. The lowest BCUT2D eigenvalue weighted by molar-refractivity contribution is 0.167. The van der Waals surface area contributed by atoms with Crippen LogP contribution < -0.4 is 10.1 Å². The molecule has 17 heavy (non-hydrogen) atoms. The van der Waals surface area contributed by atoms with Crippen molar-refractivity contribution in [3.63, 3.8) is 0 Å². The van der Waals surface area contributed by atoms with Gasteiger partial charge in [0.2, 0.25) is 0 Å². The molecule has 0 aromatic heterocycles. The van der Waals surface area contributed by atoms with Crippen LogP contribution in [0.3, 0.4) is 0 Å². The van der Waals surface area contributed by atoms with Gasteiger partial charge in [0.25, 0.3) is 0 Å². The molecule has 0 aliphatic heterocycles. The largest absolute Gasteiger partial charge is 0.497 e. The van der Waals surface area contributed by atoms with Crippen molar-refractivity contribution in [3.05, 3.63) is 29.8 Å². The summed E-state index contributed by atoms with van der Waals surface area (Å²) < 4.78 is 5.05. The minimum absolute atomic E-state index is 0.160. The van der Waals surface area contributed by atoms with Crippen molar-refractivity contribution in [2.75, 3.05) is 20.3 Å². The third-order valence-corrected chi connectivity index (χ3v) is 2.72. The van der Waals surface area contributed by atoms with Gasteiger partial charge in [0.1, 0.15) is 5.75 Å². The van der Waals surface area contributed by atoms with E-state index < -0.39 is 6.10 Å². The third kappa shape index (κ3) is 4.73. The summed E-state index contributed by atoms with van der Waals surface area (Å²) in [4.78, 5) is 0. The first-order chi connectivity index (χ1) is 8.17. The van der Waals surface area contributed by atoms with Crippen LogP contribution in [0.4, 0.5) is 0 Å². The number of ether oxygens (including phenoxy) is 1. The lowest BCUT2D eigenvalue weighted by atomic mass is 10.1. The molecule has 1 rings (SSSR count). The van der Waals surface area contributed by atoms with Gasteiger partial charge in [-0.15, -0.1) is 0 Å². The number of nitrogens with one attached hydrogen (secondary N) is 1. The molecular formula is C13H21NO3. The van der Waals surface area contributed by atoms with Crippen molar-refractivity contribution in [1.82, 2.24) is 5.32 Å². The summed E-state index contributed by atoms with van der Waals surface area (Å²) >= 11 is 0. The molecule has 0 heterocycles. The SMILES string of the molecule is COc1ccc(C(O)CNC(C)CCO)cc1. The maximum absolute atomic E-state index is 9.94. The number of methoxy groups -OCH3 is 1. The Balaban J connectivity index is 2.43. The number of rotatable bonds is 7. The Morgan fingerprint density at radius 1 is 1.29 bits per heavy atom. The second-order valence-electron chi connectivity index (χ2n) is 4.11. The van der Waals surface area contributed by atoms with Crippen molar-refractivity contribution >= 4 is 0 Å². The number of aliphatic hydroxyl groups is 2. The van der Waals surface area contributed by atoms with E-state index >= 15 is 0 Å². The lowest BCUT2D eigenvalue weighted by Gasteiger charge is -2.16. The number of aliphatic hydroxyl groups excluding tert-OH is 2. The van der Waals surface area contributed by atoms with Gasteiger partial charge < -0.3 is 20.3 Å². The molecule has 4 nitrogen and oxygen atoms in total. The molecule has 3 N–H and O–H groups in total. The zero-order chi connectivity index (χ0) is 12.7. The molecule has 0 radical (unpaired) electrons. The Morgan fingerprint density at radius 3 is 2.47 bits per heavy atom. The summed E-state index contributed by atoms with van der Waals surface area (Å²) in [7, 11) is 1.61. The molecule has 0 spiro atoms. The summed E-state index contributed by atoms with van der Waals surface area (Å²) in [6.45, 7) is 2.62. The van der Waals surface area contributed by atoms with E-state index in [0.29, 0.717) is 13.0 Å². The van der Waals surface area contributed by atoms with Crippen LogP contribution in [0.15, 0.2) is 24.3 Å². The van der Waals surface area contributed by atoms with Gasteiger partial charge >= 0.3 is 0 Å². The van der Waals surface area contributed by atoms with Crippen LogP contribution in [-0.2, 0) is 0 Å². The highest BCUT2D eigenvalue weighted by molar-refractivity contribution is 5.28. The summed E-state index contributed by atoms with van der Waals surface area (Å²) in [6, 6.07) is 7.56. The average molecular weight is 239 g/mol. The molecule has 0 aliphatic carbocycles. The minimum Gasteiger partial charge on any atom is -0.497 e. The first-order valence-corrected chi connectivity index (χ1v) is 5.83. The Morgan fingerprint density at radius 2 is 1.94 bits per heavy atom. The number of hydrogen-bond donors (Lipinski definition) is 3. The van der Waals surface area contributed by atoms with Crippen molar-refractivity contribution in [3.8, 4) is 5.75 Å². The zero-order valence-electron chi connectivity index (χ0n) is 10.4. The number of hydrogen-bond acceptors (Lipinski definition) is 4. The molecule has 96 valence electrons. The molecule has 0 saturated heterocycles. The first kappa shape index (κ1) is 14.0. The monoisotopic (exact) mass is 239 g/mol. The van der Waals surface area contributed by atoms with E-state index in [4.69, 9.17) is 9.84 Å². The van der Waals surface area contributed by atoms with E-state index in [1.54, 1.807) is 7.11 Å². The van der Waals surface area contributed by atoms with Crippen LogP contribution in [0, 0.1) is 0 Å². The first-order valence-electron chi connectivity index (χ1n) is 5.83. The molecule has 2 atom stereocenters. The molecule has 1 aromatic carbocycles. The summed E-state index contributed by atoms with van der Waals surface area (Å²) in [6.07, 6.45) is 0.150. The fourth-order valence-electron chi connectivity index (χ4n) is 1.55. The van der Waals surface area contributed by atoms with Crippen LogP contribution in [0.2, 0.25) is 0 Å². The smallest absolute Gasteiger partial charge is 0.118 e. The van der Waals surface area contributed by atoms with Gasteiger partial charge in [-0.3, -0.25) is 0 Å². The minimum atomic E-state index is -0.540. The Bertz CT molecular complexity index is 313. The fourth-order valence-corrected chi connectivity index (χ4v) is 1.55. The Labute approximate surface area is 102 Å². The van der Waals surface area contributed by atoms with E-state index in [1.165, 1.54) is 0 Å². The van der Waals surface area contributed by atoms with E-state index in [1.807, 2.05) is 31.2 Å². The van der Waals surface area contributed by atoms with Gasteiger partial charge in [0, 0.05) is 19.2 Å². The maximum atomic E-state index is 9.94. The van der Waals surface area contributed by atoms with Crippen LogP contribution in [-0.4, -0.2) is 36.5 Å². The van der Waals surface area contributed by atoms with Crippen molar-refractivity contribution in [1.29, 1.82) is 0 Å². The van der Waals surface area contributed by atoms with Crippen LogP contribution >= 0.6 is 0 Å². The van der Waals surface area contributed by atoms with Crippen LogP contribution in [0.1, 0.15) is 25.0 Å². The molecule has 4 heteroatoms. The predicted molar refractivity (Wildman–Crippen MR) is 67.1 cm³/mol. The normalized spacial score (nSPS) is 14.4. The van der Waals surface area contributed by atoms with E-state index in [0.717, 1.165) is 11.3 Å². The number of benzene rings is 1. The highest BCUT2D eigenvalue weighted by atomic mass is 16.5. The van der Waals surface area contributed by atoms with E-state index in [9.17, 15) is 5.11 Å². The molecule has 0 fully saturated rings. The van der Waals surface area contributed by atoms with E-state index in [2.05, 4.69) is 5.32 Å². The molecule has 0 aliphatic rings. The maximum Gasteiger partial charge on any atom is 0.118 e. The quantitative estimate of drug-likeness (QED) is 0.666. The molecule has 0 bridgehead atoms. The Hall–Kier alpha value is -1.10. The zero-order valence-corrected chi connectivity index (χ0v) is 10.4. The van der Waals surface area contributed by atoms with Gasteiger partial charge in [-0.1, -0.05) is 12.1 Å². The fraction of sp³-hybridized carbons (Fsp3) is 0.538. The molecule has 0 amide bonds. The van der Waals surface area contributed by atoms with Gasteiger partial charge in [0.05, 0.1) is 13.2 Å². The predicted octanol–water partition coefficient (Wildman–Crippen LogP) is 1.09. The van der Waals surface area contributed by atoms with Gasteiger partial charge in [-0.25, -0.2) is 0 Å². The van der Waals surface area contributed by atoms with Gasteiger partial charge in [-0.05, 0) is 31.0 Å². The second-order valence-corrected chi connectivity index (χ2v) is 4.11. The molecule has 0 saturated carbocycles. The van der Waals surface area contributed by atoms with Gasteiger partial charge in [-0.2, -0.15) is 0 Å². The molecular weight excluding hydrogens is 218 g/mol. The highest BCUT2D eigenvalue weighted by Gasteiger charge is 2.09. The van der Waals surface area contributed by atoms with Crippen molar-refractivity contribution in [2.45, 2.75) is 25.5 Å². The van der Waals surface area contributed by atoms with Gasteiger partial charge in [0.15, 0.2) is 0 Å². The van der Waals surface area contributed by atoms with Crippen LogP contribution in [0.5, 0.6) is 5.75 Å². The summed E-state index contributed by atoms with van der Waals surface area (Å²) in [5.74, 6) is 0.780.